The first-order valence-corrected chi connectivity index (χ1v) is 5.34. The van der Waals surface area contributed by atoms with Crippen LogP contribution in [0.3, 0.4) is 0 Å². The Morgan fingerprint density at radius 3 is 2.71 bits per heavy atom. The van der Waals surface area contributed by atoms with Gasteiger partial charge in [0.25, 0.3) is 7.48 Å². The summed E-state index contributed by atoms with van der Waals surface area (Å²) < 4.78 is 10.4. The number of carbonyl (C=O) groups excluding carboxylic acids is 1. The van der Waals surface area contributed by atoms with Gasteiger partial charge in [0.2, 0.25) is 5.91 Å². The van der Waals surface area contributed by atoms with E-state index in [2.05, 4.69) is 4.99 Å². The topological polar surface area (TPSA) is 109 Å². The Bertz CT molecular complexity index is 310. The molecule has 3 N–H and O–H groups in total. The summed E-state index contributed by atoms with van der Waals surface area (Å²) in [5.74, 6) is -0.526. The third-order valence-corrected chi connectivity index (χ3v) is 2.33. The summed E-state index contributed by atoms with van der Waals surface area (Å²) >= 11 is 0. The zero-order valence-electron chi connectivity index (χ0n) is 9.74. The number of aliphatic hydroxyl groups is 3. The van der Waals surface area contributed by atoms with E-state index in [0.29, 0.717) is 0 Å². The Hall–Kier alpha value is -0.795. The van der Waals surface area contributed by atoms with Crippen molar-refractivity contribution in [2.45, 2.75) is 38.3 Å². The predicted molar refractivity (Wildman–Crippen MR) is 60.0 cm³/mol. The largest absolute Gasteiger partial charge is 0.412 e. The van der Waals surface area contributed by atoms with Gasteiger partial charge in [-0.1, -0.05) is 6.82 Å². The zero-order valence-corrected chi connectivity index (χ0v) is 9.74. The van der Waals surface area contributed by atoms with Gasteiger partial charge in [0.05, 0.1) is 6.61 Å². The highest BCUT2D eigenvalue weighted by molar-refractivity contribution is 6.25. The van der Waals surface area contributed by atoms with Crippen molar-refractivity contribution in [1.82, 2.24) is 0 Å². The molecule has 7 nitrogen and oxygen atoms in total. The molecule has 1 aliphatic rings. The van der Waals surface area contributed by atoms with Gasteiger partial charge in [-0.15, -0.1) is 0 Å². The fourth-order valence-electron chi connectivity index (χ4n) is 1.55. The number of rotatable bonds is 3. The molecular weight excluding hydrogens is 229 g/mol. The molecular formula is C9H16BNO6. The van der Waals surface area contributed by atoms with Gasteiger partial charge >= 0.3 is 0 Å². The maximum Gasteiger partial charge on any atom is 0.275 e. The third-order valence-electron chi connectivity index (χ3n) is 2.33. The molecule has 1 fully saturated rings. The highest BCUT2D eigenvalue weighted by atomic mass is 16.7. The van der Waals surface area contributed by atoms with Gasteiger partial charge in [0.1, 0.15) is 24.0 Å². The first kappa shape index (κ1) is 14.3. The van der Waals surface area contributed by atoms with E-state index < -0.39 is 37.1 Å². The number of aliphatic hydroxyl groups excluding tert-OH is 3. The fraction of sp³-hybridized carbons (Fsp3) is 0.778. The summed E-state index contributed by atoms with van der Waals surface area (Å²) in [5.41, 5.74) is -0.0726. The van der Waals surface area contributed by atoms with Crippen molar-refractivity contribution in [3.05, 3.63) is 0 Å². The average molecular weight is 245 g/mol. The van der Waals surface area contributed by atoms with Gasteiger partial charge in [-0.3, -0.25) is 4.79 Å². The summed E-state index contributed by atoms with van der Waals surface area (Å²) in [4.78, 5) is 14.5. The number of amides is 1. The Labute approximate surface area is 99.3 Å². The lowest BCUT2D eigenvalue weighted by molar-refractivity contribution is -0.173. The van der Waals surface area contributed by atoms with E-state index in [9.17, 15) is 15.0 Å². The normalized spacial score (nSPS) is 35.9. The number of carbonyl (C=O) groups is 1. The summed E-state index contributed by atoms with van der Waals surface area (Å²) in [6.45, 7) is 2.46. The first-order valence-electron chi connectivity index (χ1n) is 5.34. The lowest BCUT2D eigenvalue weighted by Crippen LogP contribution is -2.57. The number of ether oxygens (including phenoxy) is 1. The standard InChI is InChI=1S/C9H16BNO6/c1-4(13)11-6-8(15)7(14)5(3-12)16-9(6)17-10-2/h5,7-10,12,14-15H,3H2,1-2H3/b11-6-/t5?,7-,8+,9-/m0/s1. The molecule has 1 heterocycles. The van der Waals surface area contributed by atoms with Gasteiger partial charge in [0, 0.05) is 6.92 Å². The lowest BCUT2D eigenvalue weighted by Gasteiger charge is -2.37. The van der Waals surface area contributed by atoms with Crippen molar-refractivity contribution in [1.29, 1.82) is 0 Å². The van der Waals surface area contributed by atoms with E-state index >= 15 is 0 Å². The Morgan fingerprint density at radius 1 is 1.59 bits per heavy atom. The molecule has 0 aromatic carbocycles. The van der Waals surface area contributed by atoms with Gasteiger partial charge in [-0.05, 0) is 0 Å². The van der Waals surface area contributed by atoms with Crippen LogP contribution in [-0.4, -0.2) is 65.6 Å². The molecule has 0 spiro atoms. The molecule has 0 radical (unpaired) electrons. The number of hydrogen-bond donors (Lipinski definition) is 3. The Morgan fingerprint density at radius 2 is 2.24 bits per heavy atom. The highest BCUT2D eigenvalue weighted by Gasteiger charge is 2.42. The van der Waals surface area contributed by atoms with Crippen molar-refractivity contribution >= 4 is 19.1 Å². The second kappa shape index (κ2) is 6.22. The van der Waals surface area contributed by atoms with E-state index in [0.717, 1.165) is 0 Å². The molecule has 0 aromatic rings. The highest BCUT2D eigenvalue weighted by Crippen LogP contribution is 2.19. The van der Waals surface area contributed by atoms with Crippen LogP contribution in [0, 0.1) is 0 Å². The second-order valence-electron chi connectivity index (χ2n) is 3.64. The average Bonchev–Trinajstić information content (AvgIpc) is 2.28. The SMILES string of the molecule is CBO[C@@H]1OC(CO)[C@H](O)[C@H](O)/C1=N/C(C)=O. The Balaban J connectivity index is 2.94. The van der Waals surface area contributed by atoms with Crippen LogP contribution in [0.4, 0.5) is 0 Å². The number of nitrogens with zero attached hydrogens (tertiary/aromatic N) is 1. The smallest absolute Gasteiger partial charge is 0.275 e. The quantitative estimate of drug-likeness (QED) is 0.488. The van der Waals surface area contributed by atoms with Crippen molar-refractivity contribution in [3.8, 4) is 0 Å². The Kier molecular flexibility index (Phi) is 5.22. The lowest BCUT2D eigenvalue weighted by atomic mass is 9.98. The zero-order chi connectivity index (χ0) is 13.0. The molecule has 0 bridgehead atoms. The molecule has 0 aromatic heterocycles. The molecule has 0 saturated carbocycles. The monoisotopic (exact) mass is 245 g/mol. The predicted octanol–water partition coefficient (Wildman–Crippen LogP) is -2.17. The molecule has 8 heteroatoms. The van der Waals surface area contributed by atoms with E-state index in [-0.39, 0.29) is 13.2 Å². The van der Waals surface area contributed by atoms with Crippen molar-refractivity contribution in [3.63, 3.8) is 0 Å². The van der Waals surface area contributed by atoms with Crippen LogP contribution in [0.5, 0.6) is 0 Å². The van der Waals surface area contributed by atoms with E-state index in [4.69, 9.17) is 14.5 Å². The minimum absolute atomic E-state index is 0.0726. The number of hydrogen-bond acceptors (Lipinski definition) is 6. The van der Waals surface area contributed by atoms with Crippen LogP contribution in [0.1, 0.15) is 6.92 Å². The summed E-state index contributed by atoms with van der Waals surface area (Å²) in [5, 5.41) is 28.4. The first-order chi connectivity index (χ1) is 8.01. The molecule has 1 unspecified atom stereocenters. The van der Waals surface area contributed by atoms with Crippen LogP contribution in [-0.2, 0) is 14.2 Å². The van der Waals surface area contributed by atoms with Gasteiger partial charge in [-0.25, -0.2) is 4.99 Å². The van der Waals surface area contributed by atoms with E-state index in [1.165, 1.54) is 6.92 Å². The van der Waals surface area contributed by atoms with E-state index in [1.807, 2.05) is 0 Å². The molecule has 0 aliphatic carbocycles. The van der Waals surface area contributed by atoms with E-state index in [1.54, 1.807) is 6.82 Å². The van der Waals surface area contributed by atoms with Crippen molar-refractivity contribution in [2.75, 3.05) is 6.61 Å². The summed E-state index contributed by atoms with van der Waals surface area (Å²) in [7, 11) is 0.280. The van der Waals surface area contributed by atoms with Gasteiger partial charge in [-0.2, -0.15) is 0 Å². The molecule has 1 saturated heterocycles. The van der Waals surface area contributed by atoms with Crippen LogP contribution in [0.15, 0.2) is 4.99 Å². The summed E-state index contributed by atoms with van der Waals surface area (Å²) in [6.07, 6.45) is -4.72. The maximum atomic E-state index is 10.9. The fourth-order valence-corrected chi connectivity index (χ4v) is 1.55. The summed E-state index contributed by atoms with van der Waals surface area (Å²) in [6, 6.07) is 0. The molecule has 17 heavy (non-hydrogen) atoms. The molecule has 1 amide bonds. The minimum Gasteiger partial charge on any atom is -0.412 e. The molecule has 1 rings (SSSR count). The van der Waals surface area contributed by atoms with Crippen LogP contribution in [0.25, 0.3) is 0 Å². The molecule has 4 atom stereocenters. The molecule has 96 valence electrons. The minimum atomic E-state index is -1.39. The van der Waals surface area contributed by atoms with Gasteiger partial charge in [0.15, 0.2) is 6.29 Å². The number of aliphatic imine (C=N–C) groups is 1. The second-order valence-corrected chi connectivity index (χ2v) is 3.64. The maximum absolute atomic E-state index is 10.9. The molecule has 1 aliphatic heterocycles. The van der Waals surface area contributed by atoms with Crippen LogP contribution >= 0.6 is 0 Å². The van der Waals surface area contributed by atoms with Crippen molar-refractivity contribution in [2.24, 2.45) is 4.99 Å². The third kappa shape index (κ3) is 3.33. The van der Waals surface area contributed by atoms with Gasteiger partial charge < -0.3 is 24.7 Å². The van der Waals surface area contributed by atoms with Crippen molar-refractivity contribution < 1.29 is 29.5 Å². The van der Waals surface area contributed by atoms with Crippen LogP contribution in [0.2, 0.25) is 6.82 Å². The van der Waals surface area contributed by atoms with Crippen LogP contribution < -0.4 is 0 Å².